The molecule has 0 aliphatic carbocycles. The molecule has 1 aliphatic rings. The lowest BCUT2D eigenvalue weighted by atomic mass is 10.1. The molecule has 1 atom stereocenters. The predicted octanol–water partition coefficient (Wildman–Crippen LogP) is 1.67. The van der Waals surface area contributed by atoms with Crippen molar-refractivity contribution in [2.45, 2.75) is 50.1 Å². The number of carbonyl (C=O) groups is 1. The minimum absolute atomic E-state index is 0. The Balaban J connectivity index is 0.00000288. The zero-order valence-electron chi connectivity index (χ0n) is 14.3. The van der Waals surface area contributed by atoms with Crippen LogP contribution >= 0.6 is 12.4 Å². The number of carbonyl (C=O) groups excluding carboxylic acids is 1. The molecule has 0 spiro atoms. The lowest BCUT2D eigenvalue weighted by Crippen LogP contribution is -2.45. The van der Waals surface area contributed by atoms with E-state index in [0.29, 0.717) is 5.56 Å². The number of rotatable bonds is 4. The summed E-state index contributed by atoms with van der Waals surface area (Å²) in [6.45, 7) is 7.10. The van der Waals surface area contributed by atoms with Crippen LogP contribution in [0.3, 0.4) is 0 Å². The van der Waals surface area contributed by atoms with E-state index in [1.54, 1.807) is 32.9 Å². The molecule has 1 saturated heterocycles. The third-order valence-corrected chi connectivity index (χ3v) is 5.27. The SMILES string of the molecule is CC(C)(C)NS(=O)(=O)c1ccc(C(=O)N[C@H]2CCCNC2)cc1.Cl. The molecule has 0 saturated carbocycles. The molecule has 0 unspecified atom stereocenters. The van der Waals surface area contributed by atoms with Gasteiger partial charge < -0.3 is 10.6 Å². The number of hydrogen-bond acceptors (Lipinski definition) is 4. The fourth-order valence-electron chi connectivity index (χ4n) is 2.49. The highest BCUT2D eigenvalue weighted by atomic mass is 35.5. The van der Waals surface area contributed by atoms with Crippen molar-refractivity contribution in [3.63, 3.8) is 0 Å². The van der Waals surface area contributed by atoms with E-state index >= 15 is 0 Å². The second-order valence-corrected chi connectivity index (χ2v) is 8.58. The van der Waals surface area contributed by atoms with E-state index in [0.717, 1.165) is 25.9 Å². The first-order valence-electron chi connectivity index (χ1n) is 7.83. The highest BCUT2D eigenvalue weighted by molar-refractivity contribution is 7.89. The third-order valence-electron chi connectivity index (χ3n) is 3.50. The van der Waals surface area contributed by atoms with Crippen LogP contribution in [-0.2, 0) is 10.0 Å². The van der Waals surface area contributed by atoms with Gasteiger partial charge in [-0.15, -0.1) is 12.4 Å². The number of hydrogen-bond donors (Lipinski definition) is 3. The smallest absolute Gasteiger partial charge is 0.251 e. The maximum atomic E-state index is 12.2. The number of sulfonamides is 1. The molecule has 0 aromatic heterocycles. The molecule has 1 aliphatic heterocycles. The molecule has 0 radical (unpaired) electrons. The van der Waals surface area contributed by atoms with Crippen LogP contribution < -0.4 is 15.4 Å². The Morgan fingerprint density at radius 1 is 1.21 bits per heavy atom. The molecule has 136 valence electrons. The highest BCUT2D eigenvalue weighted by Crippen LogP contribution is 2.14. The standard InChI is InChI=1S/C16H25N3O3S.ClH/c1-16(2,3)19-23(21,22)14-8-6-12(7-9-14)15(20)18-13-5-4-10-17-11-13;/h6-9,13,17,19H,4-5,10-11H2,1-3H3,(H,18,20);1H/t13-;/m0./s1. The molecule has 1 fully saturated rings. The van der Waals surface area contributed by atoms with Crippen LogP contribution in [0.15, 0.2) is 29.2 Å². The number of amides is 1. The van der Waals surface area contributed by atoms with E-state index in [9.17, 15) is 13.2 Å². The van der Waals surface area contributed by atoms with Crippen molar-refractivity contribution >= 4 is 28.3 Å². The van der Waals surface area contributed by atoms with Crippen LogP contribution in [0.1, 0.15) is 44.0 Å². The van der Waals surface area contributed by atoms with Crippen molar-refractivity contribution in [2.75, 3.05) is 13.1 Å². The minimum Gasteiger partial charge on any atom is -0.348 e. The first kappa shape index (κ1) is 20.9. The van der Waals surface area contributed by atoms with Gasteiger partial charge >= 0.3 is 0 Å². The van der Waals surface area contributed by atoms with Crippen molar-refractivity contribution in [1.82, 2.24) is 15.4 Å². The van der Waals surface area contributed by atoms with Crippen molar-refractivity contribution in [3.8, 4) is 0 Å². The first-order chi connectivity index (χ1) is 10.7. The van der Waals surface area contributed by atoms with E-state index in [-0.39, 0.29) is 29.3 Å². The summed E-state index contributed by atoms with van der Waals surface area (Å²) in [4.78, 5) is 12.4. The topological polar surface area (TPSA) is 87.3 Å². The number of piperidine rings is 1. The average molecular weight is 376 g/mol. The second kappa shape index (κ2) is 8.29. The maximum Gasteiger partial charge on any atom is 0.251 e. The normalized spacial score (nSPS) is 18.5. The van der Waals surface area contributed by atoms with Crippen molar-refractivity contribution in [1.29, 1.82) is 0 Å². The zero-order chi connectivity index (χ0) is 17.1. The Bertz CT molecular complexity index is 648. The van der Waals surface area contributed by atoms with Crippen LogP contribution in [0.4, 0.5) is 0 Å². The lowest BCUT2D eigenvalue weighted by Gasteiger charge is -2.24. The maximum absolute atomic E-state index is 12.2. The molecule has 2 rings (SSSR count). The van der Waals surface area contributed by atoms with Gasteiger partial charge in [0, 0.05) is 23.7 Å². The number of nitrogens with one attached hydrogen (secondary N) is 3. The molecule has 0 bridgehead atoms. The van der Waals surface area contributed by atoms with E-state index in [1.807, 2.05) is 0 Å². The zero-order valence-corrected chi connectivity index (χ0v) is 15.9. The van der Waals surface area contributed by atoms with Crippen LogP contribution in [0.2, 0.25) is 0 Å². The summed E-state index contributed by atoms with van der Waals surface area (Å²) in [7, 11) is -3.58. The monoisotopic (exact) mass is 375 g/mol. The number of benzene rings is 1. The van der Waals surface area contributed by atoms with Crippen molar-refractivity contribution in [2.24, 2.45) is 0 Å². The molecule has 24 heavy (non-hydrogen) atoms. The molecule has 1 aromatic carbocycles. The van der Waals surface area contributed by atoms with Gasteiger partial charge in [0.25, 0.3) is 5.91 Å². The van der Waals surface area contributed by atoms with Gasteiger partial charge in [-0.2, -0.15) is 0 Å². The molecule has 1 aromatic rings. The summed E-state index contributed by atoms with van der Waals surface area (Å²) < 4.78 is 27.0. The fourth-order valence-corrected chi connectivity index (χ4v) is 3.91. The van der Waals surface area contributed by atoms with Crippen LogP contribution in [-0.4, -0.2) is 39.0 Å². The predicted molar refractivity (Wildman–Crippen MR) is 97.1 cm³/mol. The largest absolute Gasteiger partial charge is 0.348 e. The van der Waals surface area contributed by atoms with Gasteiger partial charge in [-0.3, -0.25) is 4.79 Å². The van der Waals surface area contributed by atoms with E-state index in [4.69, 9.17) is 0 Å². The number of halogens is 1. The summed E-state index contributed by atoms with van der Waals surface area (Å²) >= 11 is 0. The van der Waals surface area contributed by atoms with Gasteiger partial charge in [-0.25, -0.2) is 13.1 Å². The van der Waals surface area contributed by atoms with Crippen LogP contribution in [0.5, 0.6) is 0 Å². The summed E-state index contributed by atoms with van der Waals surface area (Å²) in [6.07, 6.45) is 2.00. The molecule has 6 nitrogen and oxygen atoms in total. The molecular formula is C16H26ClN3O3S. The van der Waals surface area contributed by atoms with Crippen LogP contribution in [0, 0.1) is 0 Å². The Labute approximate surface area is 150 Å². The Morgan fingerprint density at radius 2 is 1.83 bits per heavy atom. The fraction of sp³-hybridized carbons (Fsp3) is 0.562. The highest BCUT2D eigenvalue weighted by Gasteiger charge is 2.22. The van der Waals surface area contributed by atoms with Gasteiger partial charge in [-0.05, 0) is 64.4 Å². The third kappa shape index (κ3) is 6.05. The van der Waals surface area contributed by atoms with Gasteiger partial charge in [0.05, 0.1) is 4.90 Å². The molecule has 1 amide bonds. The van der Waals surface area contributed by atoms with Gasteiger partial charge in [0.2, 0.25) is 10.0 Å². The summed E-state index contributed by atoms with van der Waals surface area (Å²) in [6, 6.07) is 6.14. The molecule has 3 N–H and O–H groups in total. The summed E-state index contributed by atoms with van der Waals surface area (Å²) in [5.41, 5.74) is -0.0895. The van der Waals surface area contributed by atoms with Gasteiger partial charge in [0.1, 0.15) is 0 Å². The summed E-state index contributed by atoms with van der Waals surface area (Å²) in [5.74, 6) is -0.175. The van der Waals surface area contributed by atoms with Crippen molar-refractivity contribution in [3.05, 3.63) is 29.8 Å². The summed E-state index contributed by atoms with van der Waals surface area (Å²) in [5, 5.41) is 6.21. The Kier molecular flexibility index (Phi) is 7.22. The quantitative estimate of drug-likeness (QED) is 0.747. The molecule has 1 heterocycles. The average Bonchev–Trinajstić information content (AvgIpc) is 2.46. The Morgan fingerprint density at radius 3 is 2.33 bits per heavy atom. The Hall–Kier alpha value is -1.15. The molecular weight excluding hydrogens is 350 g/mol. The van der Waals surface area contributed by atoms with Crippen LogP contribution in [0.25, 0.3) is 0 Å². The van der Waals surface area contributed by atoms with E-state index in [1.165, 1.54) is 12.1 Å². The van der Waals surface area contributed by atoms with E-state index < -0.39 is 15.6 Å². The van der Waals surface area contributed by atoms with Gasteiger partial charge in [0.15, 0.2) is 0 Å². The molecule has 8 heteroatoms. The lowest BCUT2D eigenvalue weighted by molar-refractivity contribution is 0.0930. The second-order valence-electron chi connectivity index (χ2n) is 6.90. The minimum atomic E-state index is -3.58. The van der Waals surface area contributed by atoms with Crippen molar-refractivity contribution < 1.29 is 13.2 Å². The van der Waals surface area contributed by atoms with Gasteiger partial charge in [-0.1, -0.05) is 0 Å². The first-order valence-corrected chi connectivity index (χ1v) is 9.31. The van der Waals surface area contributed by atoms with E-state index in [2.05, 4.69) is 15.4 Å².